The van der Waals surface area contributed by atoms with Gasteiger partial charge in [-0.3, -0.25) is 10.1 Å². The molecule has 1 fully saturated rings. The van der Waals surface area contributed by atoms with E-state index in [0.717, 1.165) is 11.6 Å². The summed E-state index contributed by atoms with van der Waals surface area (Å²) in [7, 11) is -3.86. The molecule has 0 radical (unpaired) electrons. The number of hydrogen-bond donors (Lipinski definition) is 0. The zero-order chi connectivity index (χ0) is 18.2. The molecule has 1 saturated heterocycles. The van der Waals surface area contributed by atoms with Crippen molar-refractivity contribution in [2.75, 3.05) is 12.3 Å². The van der Waals surface area contributed by atoms with Crippen molar-refractivity contribution in [3.63, 3.8) is 0 Å². The van der Waals surface area contributed by atoms with Crippen molar-refractivity contribution < 1.29 is 13.3 Å². The summed E-state index contributed by atoms with van der Waals surface area (Å²) in [6, 6.07) is 11.1. The quantitative estimate of drug-likeness (QED) is 0.574. The molecule has 1 aliphatic rings. The molecular formula is C16H15ClN2O4S2. The summed E-state index contributed by atoms with van der Waals surface area (Å²) in [6.07, 6.45) is 0. The number of thioether (sulfide) groups is 1. The van der Waals surface area contributed by atoms with Crippen LogP contribution in [0.4, 0.5) is 5.69 Å². The summed E-state index contributed by atoms with van der Waals surface area (Å²) in [5.41, 5.74) is 1.01. The first-order valence-corrected chi connectivity index (χ1v) is 10.3. The lowest BCUT2D eigenvalue weighted by Crippen LogP contribution is -2.30. The summed E-state index contributed by atoms with van der Waals surface area (Å²) in [5, 5.41) is 11.3. The summed E-state index contributed by atoms with van der Waals surface area (Å²) >= 11 is 7.52. The number of nitrogens with zero attached hydrogens (tertiary/aromatic N) is 2. The third-order valence-electron chi connectivity index (χ3n) is 3.97. The lowest BCUT2D eigenvalue weighted by atomic mass is 10.2. The van der Waals surface area contributed by atoms with Crippen molar-refractivity contribution in [2.24, 2.45) is 0 Å². The first kappa shape index (κ1) is 18.2. The maximum Gasteiger partial charge on any atom is 0.273 e. The number of sulfonamides is 1. The molecule has 1 atom stereocenters. The summed E-state index contributed by atoms with van der Waals surface area (Å²) in [4.78, 5) is 10.5. The van der Waals surface area contributed by atoms with Gasteiger partial charge in [-0.25, -0.2) is 8.42 Å². The van der Waals surface area contributed by atoms with Gasteiger partial charge >= 0.3 is 0 Å². The molecule has 3 rings (SSSR count). The highest BCUT2D eigenvalue weighted by atomic mass is 35.5. The summed E-state index contributed by atoms with van der Waals surface area (Å²) in [6.45, 7) is 1.92. The predicted octanol–water partition coefficient (Wildman–Crippen LogP) is 3.99. The van der Waals surface area contributed by atoms with Gasteiger partial charge in [-0.05, 0) is 30.7 Å². The second-order valence-corrected chi connectivity index (χ2v) is 9.11. The van der Waals surface area contributed by atoms with E-state index >= 15 is 0 Å². The Morgan fingerprint density at radius 1 is 1.28 bits per heavy atom. The molecule has 0 spiro atoms. The third kappa shape index (κ3) is 3.52. The minimum absolute atomic E-state index is 0.0701. The van der Waals surface area contributed by atoms with E-state index in [4.69, 9.17) is 11.6 Å². The van der Waals surface area contributed by atoms with E-state index in [1.807, 2.05) is 6.07 Å². The second-order valence-electron chi connectivity index (χ2n) is 5.60. The van der Waals surface area contributed by atoms with Gasteiger partial charge in [-0.1, -0.05) is 29.8 Å². The van der Waals surface area contributed by atoms with Crippen LogP contribution in [0.15, 0.2) is 47.4 Å². The summed E-state index contributed by atoms with van der Waals surface area (Å²) < 4.78 is 27.5. The van der Waals surface area contributed by atoms with Gasteiger partial charge < -0.3 is 0 Å². The number of aryl methyl sites for hydroxylation is 1. The van der Waals surface area contributed by atoms with Gasteiger partial charge in [-0.15, -0.1) is 11.8 Å². The van der Waals surface area contributed by atoms with Gasteiger partial charge in [0, 0.05) is 29.0 Å². The molecule has 0 unspecified atom stereocenters. The van der Waals surface area contributed by atoms with Crippen LogP contribution in [0.2, 0.25) is 5.02 Å². The van der Waals surface area contributed by atoms with Crippen molar-refractivity contribution >= 4 is 39.1 Å². The Balaban J connectivity index is 2.02. The Morgan fingerprint density at radius 3 is 2.72 bits per heavy atom. The molecule has 0 bridgehead atoms. The fraction of sp³-hybridized carbons (Fsp3) is 0.250. The van der Waals surface area contributed by atoms with E-state index in [-0.39, 0.29) is 10.6 Å². The monoisotopic (exact) mass is 398 g/mol. The SMILES string of the molecule is Cc1ccc(S(=O)(=O)N2CCS[C@H]2c2cccc(Cl)c2)cc1[N+](=O)[O-]. The Labute approximate surface area is 155 Å². The molecule has 0 aliphatic carbocycles. The van der Waals surface area contributed by atoms with E-state index in [0.29, 0.717) is 22.9 Å². The average molecular weight is 399 g/mol. The van der Waals surface area contributed by atoms with E-state index in [2.05, 4.69) is 0 Å². The van der Waals surface area contributed by atoms with Crippen molar-refractivity contribution in [2.45, 2.75) is 17.2 Å². The van der Waals surface area contributed by atoms with Crippen LogP contribution in [0.1, 0.15) is 16.5 Å². The van der Waals surface area contributed by atoms with Crippen molar-refractivity contribution in [1.29, 1.82) is 0 Å². The van der Waals surface area contributed by atoms with Gasteiger partial charge in [-0.2, -0.15) is 4.31 Å². The number of halogens is 1. The fourth-order valence-electron chi connectivity index (χ4n) is 2.71. The number of nitro groups is 1. The average Bonchev–Trinajstić information content (AvgIpc) is 3.05. The molecule has 0 aromatic heterocycles. The Morgan fingerprint density at radius 2 is 2.04 bits per heavy atom. The number of nitro benzene ring substituents is 1. The second kappa shape index (κ2) is 6.95. The van der Waals surface area contributed by atoms with E-state index in [1.54, 1.807) is 25.1 Å². The van der Waals surface area contributed by atoms with Gasteiger partial charge in [0.15, 0.2) is 0 Å². The van der Waals surface area contributed by atoms with Crippen LogP contribution in [0.25, 0.3) is 0 Å². The van der Waals surface area contributed by atoms with Crippen molar-refractivity contribution in [3.8, 4) is 0 Å². The summed E-state index contributed by atoms with van der Waals surface area (Å²) in [5.74, 6) is 0.643. The number of rotatable bonds is 4. The van der Waals surface area contributed by atoms with E-state index in [1.165, 1.54) is 28.2 Å². The Bertz CT molecular complexity index is 933. The van der Waals surface area contributed by atoms with Crippen LogP contribution >= 0.6 is 23.4 Å². The fourth-order valence-corrected chi connectivity index (χ4v) is 6.16. The maximum atomic E-state index is 13.0. The highest BCUT2D eigenvalue weighted by Crippen LogP contribution is 2.42. The Hall–Kier alpha value is -1.61. The first-order valence-electron chi connectivity index (χ1n) is 7.44. The van der Waals surface area contributed by atoms with Crippen LogP contribution in [-0.4, -0.2) is 29.9 Å². The zero-order valence-corrected chi connectivity index (χ0v) is 15.6. The van der Waals surface area contributed by atoms with E-state index < -0.39 is 20.3 Å². The number of hydrogen-bond acceptors (Lipinski definition) is 5. The van der Waals surface area contributed by atoms with Gasteiger partial charge in [0.25, 0.3) is 5.69 Å². The molecule has 2 aromatic rings. The molecular weight excluding hydrogens is 384 g/mol. The third-order valence-corrected chi connectivity index (χ3v) is 7.46. The molecule has 1 heterocycles. The smallest absolute Gasteiger partial charge is 0.258 e. The molecule has 9 heteroatoms. The van der Waals surface area contributed by atoms with Gasteiger partial charge in [0.2, 0.25) is 10.0 Å². The van der Waals surface area contributed by atoms with Gasteiger partial charge in [0.1, 0.15) is 0 Å². The Kier molecular flexibility index (Phi) is 5.06. The zero-order valence-electron chi connectivity index (χ0n) is 13.3. The lowest BCUT2D eigenvalue weighted by Gasteiger charge is -2.23. The highest BCUT2D eigenvalue weighted by molar-refractivity contribution is 8.01. The predicted molar refractivity (Wildman–Crippen MR) is 98.4 cm³/mol. The lowest BCUT2D eigenvalue weighted by molar-refractivity contribution is -0.385. The van der Waals surface area contributed by atoms with Crippen LogP contribution < -0.4 is 0 Å². The normalized spacial score (nSPS) is 18.4. The maximum absolute atomic E-state index is 13.0. The van der Waals surface area contributed by atoms with Crippen LogP contribution in [0, 0.1) is 17.0 Å². The minimum atomic E-state index is -3.86. The molecule has 132 valence electrons. The molecule has 1 aliphatic heterocycles. The highest BCUT2D eigenvalue weighted by Gasteiger charge is 2.37. The van der Waals surface area contributed by atoms with Gasteiger partial charge in [0.05, 0.1) is 15.2 Å². The van der Waals surface area contributed by atoms with Crippen LogP contribution in [0.3, 0.4) is 0 Å². The largest absolute Gasteiger partial charge is 0.273 e. The van der Waals surface area contributed by atoms with Crippen molar-refractivity contribution in [3.05, 3.63) is 68.7 Å². The standard InChI is InChI=1S/C16H15ClN2O4S2/c1-11-5-6-14(10-15(11)19(20)21)25(22,23)18-7-8-24-16(18)12-3-2-4-13(17)9-12/h2-6,9-10,16H,7-8H2,1H3/t16-/m0/s1. The first-order chi connectivity index (χ1) is 11.8. The number of benzene rings is 2. The minimum Gasteiger partial charge on any atom is -0.258 e. The molecule has 0 amide bonds. The molecule has 25 heavy (non-hydrogen) atoms. The van der Waals surface area contributed by atoms with Crippen LogP contribution in [0.5, 0.6) is 0 Å². The molecule has 2 aromatic carbocycles. The van der Waals surface area contributed by atoms with Crippen molar-refractivity contribution in [1.82, 2.24) is 4.31 Å². The topological polar surface area (TPSA) is 80.5 Å². The molecule has 6 nitrogen and oxygen atoms in total. The van der Waals surface area contributed by atoms with Crippen LogP contribution in [-0.2, 0) is 10.0 Å². The molecule has 0 saturated carbocycles. The van der Waals surface area contributed by atoms with E-state index in [9.17, 15) is 18.5 Å². The molecule has 0 N–H and O–H groups in total.